The summed E-state index contributed by atoms with van der Waals surface area (Å²) in [7, 11) is 0. The molecule has 0 heterocycles. The van der Waals surface area contributed by atoms with E-state index in [1.165, 1.54) is 6.92 Å². The highest BCUT2D eigenvalue weighted by molar-refractivity contribution is 5.81. The first-order chi connectivity index (χ1) is 5.93. The first kappa shape index (κ1) is 12.2. The summed E-state index contributed by atoms with van der Waals surface area (Å²) < 4.78 is 35.6. The van der Waals surface area contributed by atoms with Crippen molar-refractivity contribution in [3.8, 4) is 0 Å². The molecule has 0 saturated heterocycles. The Morgan fingerprint density at radius 1 is 1.46 bits per heavy atom. The number of aliphatic hydroxyl groups is 1. The van der Waals surface area contributed by atoms with Gasteiger partial charge in [-0.3, -0.25) is 4.79 Å². The number of alkyl halides is 3. The zero-order valence-corrected chi connectivity index (χ0v) is 7.26. The van der Waals surface area contributed by atoms with Gasteiger partial charge in [0.1, 0.15) is 0 Å². The van der Waals surface area contributed by atoms with Gasteiger partial charge in [-0.1, -0.05) is 0 Å². The Morgan fingerprint density at radius 2 is 2.00 bits per heavy atom. The highest BCUT2D eigenvalue weighted by Crippen LogP contribution is 2.18. The quantitative estimate of drug-likeness (QED) is 0.726. The highest BCUT2D eigenvalue weighted by atomic mass is 19.4. The third kappa shape index (κ3) is 4.12. The summed E-state index contributed by atoms with van der Waals surface area (Å²) in [5.74, 6) is -1.84. The molecule has 0 bridgehead atoms. The Balaban J connectivity index is 4.16. The topological polar surface area (TPSA) is 40.5 Å². The molecular formula is C7H12F3NO2. The van der Waals surface area contributed by atoms with Crippen LogP contribution in [0.1, 0.15) is 13.3 Å². The summed E-state index contributed by atoms with van der Waals surface area (Å²) in [6, 6.07) is 0. The maximum atomic E-state index is 11.9. The van der Waals surface area contributed by atoms with E-state index in [4.69, 9.17) is 5.11 Å². The monoisotopic (exact) mass is 199 g/mol. The van der Waals surface area contributed by atoms with E-state index in [1.54, 1.807) is 0 Å². The van der Waals surface area contributed by atoms with Gasteiger partial charge in [-0.25, -0.2) is 0 Å². The summed E-state index contributed by atoms with van der Waals surface area (Å²) in [4.78, 5) is 11.3. The number of nitrogens with zero attached hydrogens (tertiary/aromatic N) is 1. The fourth-order valence-electron chi connectivity index (χ4n) is 0.844. The molecule has 0 aliphatic heterocycles. The van der Waals surface area contributed by atoms with Crippen molar-refractivity contribution in [3.63, 3.8) is 0 Å². The summed E-state index contributed by atoms with van der Waals surface area (Å²) in [5.41, 5.74) is 0. The Morgan fingerprint density at radius 3 is 2.31 bits per heavy atom. The minimum atomic E-state index is -4.81. The number of carbonyl (C=O) groups is 1. The molecule has 0 atom stereocenters. The maximum Gasteiger partial charge on any atom is 0.471 e. The molecule has 0 aliphatic carbocycles. The second-order valence-corrected chi connectivity index (χ2v) is 2.46. The van der Waals surface area contributed by atoms with E-state index >= 15 is 0 Å². The van der Waals surface area contributed by atoms with Crippen molar-refractivity contribution < 1.29 is 23.1 Å². The van der Waals surface area contributed by atoms with Crippen LogP contribution in [0.25, 0.3) is 0 Å². The number of carbonyl (C=O) groups excluding carboxylic acids is 1. The molecular weight excluding hydrogens is 187 g/mol. The number of hydrogen-bond donors (Lipinski definition) is 1. The zero-order valence-electron chi connectivity index (χ0n) is 7.26. The van der Waals surface area contributed by atoms with Crippen LogP contribution in [0.5, 0.6) is 0 Å². The molecule has 1 N–H and O–H groups in total. The van der Waals surface area contributed by atoms with E-state index in [0.29, 0.717) is 4.90 Å². The molecule has 0 rings (SSSR count). The fraction of sp³-hybridized carbons (Fsp3) is 0.857. The van der Waals surface area contributed by atoms with Crippen LogP contribution in [-0.4, -0.2) is 41.8 Å². The van der Waals surface area contributed by atoms with Gasteiger partial charge in [0.2, 0.25) is 0 Å². The van der Waals surface area contributed by atoms with Gasteiger partial charge in [-0.2, -0.15) is 13.2 Å². The van der Waals surface area contributed by atoms with Gasteiger partial charge in [0.15, 0.2) is 0 Å². The van der Waals surface area contributed by atoms with E-state index < -0.39 is 12.1 Å². The number of rotatable bonds is 4. The molecule has 0 aromatic heterocycles. The second kappa shape index (κ2) is 5.06. The van der Waals surface area contributed by atoms with Crippen molar-refractivity contribution in [2.45, 2.75) is 19.5 Å². The predicted octanol–water partition coefficient (Wildman–Crippen LogP) is 0.780. The van der Waals surface area contributed by atoms with Crippen molar-refractivity contribution in [1.82, 2.24) is 4.90 Å². The average Bonchev–Trinajstić information content (AvgIpc) is 2.04. The zero-order chi connectivity index (χ0) is 10.5. The third-order valence-corrected chi connectivity index (χ3v) is 1.50. The maximum absolute atomic E-state index is 11.9. The van der Waals surface area contributed by atoms with Crippen molar-refractivity contribution in [2.75, 3.05) is 19.7 Å². The van der Waals surface area contributed by atoms with Gasteiger partial charge in [-0.15, -0.1) is 0 Å². The van der Waals surface area contributed by atoms with Crippen molar-refractivity contribution in [1.29, 1.82) is 0 Å². The average molecular weight is 199 g/mol. The molecule has 0 aromatic rings. The Kier molecular flexibility index (Phi) is 4.76. The minimum Gasteiger partial charge on any atom is -0.396 e. The van der Waals surface area contributed by atoms with E-state index in [2.05, 4.69) is 0 Å². The van der Waals surface area contributed by atoms with Crippen molar-refractivity contribution in [3.05, 3.63) is 0 Å². The summed E-state index contributed by atoms with van der Waals surface area (Å²) in [6.45, 7) is 1.17. The van der Waals surface area contributed by atoms with Gasteiger partial charge in [0, 0.05) is 19.7 Å². The number of amides is 1. The lowest BCUT2D eigenvalue weighted by Crippen LogP contribution is -2.41. The SMILES string of the molecule is CCN(CCCO)C(=O)C(F)(F)F. The van der Waals surface area contributed by atoms with Crippen LogP contribution in [0.3, 0.4) is 0 Å². The molecule has 78 valence electrons. The predicted molar refractivity (Wildman–Crippen MR) is 40.0 cm³/mol. The Labute approximate surface area is 74.1 Å². The summed E-state index contributed by atoms with van der Waals surface area (Å²) in [6.07, 6.45) is -4.65. The smallest absolute Gasteiger partial charge is 0.396 e. The molecule has 0 spiro atoms. The summed E-state index contributed by atoms with van der Waals surface area (Å²) in [5, 5.41) is 8.38. The van der Waals surface area contributed by atoms with E-state index in [-0.39, 0.29) is 26.1 Å². The van der Waals surface area contributed by atoms with Crippen LogP contribution in [0, 0.1) is 0 Å². The molecule has 0 radical (unpaired) electrons. The van der Waals surface area contributed by atoms with Crippen LogP contribution in [0.2, 0.25) is 0 Å². The normalized spacial score (nSPS) is 11.5. The molecule has 0 fully saturated rings. The molecule has 0 aliphatic rings. The molecule has 0 saturated carbocycles. The van der Waals surface area contributed by atoms with Crippen molar-refractivity contribution >= 4 is 5.91 Å². The van der Waals surface area contributed by atoms with Gasteiger partial charge in [0.25, 0.3) is 0 Å². The molecule has 1 amide bonds. The van der Waals surface area contributed by atoms with Gasteiger partial charge >= 0.3 is 12.1 Å². The van der Waals surface area contributed by atoms with Gasteiger partial charge in [-0.05, 0) is 13.3 Å². The van der Waals surface area contributed by atoms with Crippen molar-refractivity contribution in [2.24, 2.45) is 0 Å². The van der Waals surface area contributed by atoms with E-state index in [9.17, 15) is 18.0 Å². The molecule has 6 heteroatoms. The lowest BCUT2D eigenvalue weighted by molar-refractivity contribution is -0.185. The lowest BCUT2D eigenvalue weighted by Gasteiger charge is -2.21. The van der Waals surface area contributed by atoms with E-state index in [0.717, 1.165) is 0 Å². The van der Waals surface area contributed by atoms with Crippen LogP contribution < -0.4 is 0 Å². The fourth-order valence-corrected chi connectivity index (χ4v) is 0.844. The van der Waals surface area contributed by atoms with Crippen LogP contribution >= 0.6 is 0 Å². The molecule has 13 heavy (non-hydrogen) atoms. The molecule has 0 unspecified atom stereocenters. The third-order valence-electron chi connectivity index (χ3n) is 1.50. The number of halogens is 3. The standard InChI is InChI=1S/C7H12F3NO2/c1-2-11(4-3-5-12)6(13)7(8,9)10/h12H,2-5H2,1H3. The summed E-state index contributed by atoms with van der Waals surface area (Å²) >= 11 is 0. The largest absolute Gasteiger partial charge is 0.471 e. The first-order valence-electron chi connectivity index (χ1n) is 3.90. The first-order valence-corrected chi connectivity index (χ1v) is 3.90. The minimum absolute atomic E-state index is 0.00164. The van der Waals surface area contributed by atoms with Crippen LogP contribution in [0.15, 0.2) is 0 Å². The number of hydrogen-bond acceptors (Lipinski definition) is 2. The van der Waals surface area contributed by atoms with Crippen LogP contribution in [0.4, 0.5) is 13.2 Å². The lowest BCUT2D eigenvalue weighted by atomic mass is 10.3. The molecule has 3 nitrogen and oxygen atoms in total. The number of aliphatic hydroxyl groups excluding tert-OH is 1. The van der Waals surface area contributed by atoms with E-state index in [1.807, 2.05) is 0 Å². The Bertz CT molecular complexity index is 170. The second-order valence-electron chi connectivity index (χ2n) is 2.46. The Hall–Kier alpha value is -0.780. The van der Waals surface area contributed by atoms with Gasteiger partial charge < -0.3 is 10.0 Å². The molecule has 0 aromatic carbocycles. The van der Waals surface area contributed by atoms with Gasteiger partial charge in [0.05, 0.1) is 0 Å². The highest BCUT2D eigenvalue weighted by Gasteiger charge is 2.41. The van der Waals surface area contributed by atoms with Crippen LogP contribution in [-0.2, 0) is 4.79 Å².